The van der Waals surface area contributed by atoms with Crippen LogP contribution >= 0.6 is 11.6 Å². The summed E-state index contributed by atoms with van der Waals surface area (Å²) in [6, 6.07) is 6.34. The standard InChI is InChI=1S/C18H21ClN4O4/c19-14-4-2-1-3-13(14)11-15-17(26)23(18(27)20-15)12-16(25)22-7-5-21(6-8-22)9-10-24/h1-4,11,24H,5-10,12H2,(H,20,27)/b15-11-. The number of amides is 4. The lowest BCUT2D eigenvalue weighted by molar-refractivity contribution is -0.137. The van der Waals surface area contributed by atoms with Crippen LogP contribution in [0.2, 0.25) is 5.02 Å². The summed E-state index contributed by atoms with van der Waals surface area (Å²) in [6.45, 7) is 2.68. The highest BCUT2D eigenvalue weighted by molar-refractivity contribution is 6.32. The molecule has 2 aliphatic heterocycles. The van der Waals surface area contributed by atoms with E-state index in [1.54, 1.807) is 29.2 Å². The van der Waals surface area contributed by atoms with E-state index in [0.29, 0.717) is 43.3 Å². The van der Waals surface area contributed by atoms with Crippen molar-refractivity contribution in [3.63, 3.8) is 0 Å². The zero-order valence-electron chi connectivity index (χ0n) is 14.7. The van der Waals surface area contributed by atoms with Crippen LogP contribution < -0.4 is 5.32 Å². The number of carbonyl (C=O) groups is 3. The summed E-state index contributed by atoms with van der Waals surface area (Å²) >= 11 is 6.08. The van der Waals surface area contributed by atoms with Gasteiger partial charge in [-0.25, -0.2) is 9.69 Å². The lowest BCUT2D eigenvalue weighted by atomic mass is 10.2. The molecule has 2 N–H and O–H groups in total. The molecule has 2 aliphatic rings. The molecule has 144 valence electrons. The van der Waals surface area contributed by atoms with Crippen molar-refractivity contribution in [1.29, 1.82) is 0 Å². The summed E-state index contributed by atoms with van der Waals surface area (Å²) in [7, 11) is 0. The van der Waals surface area contributed by atoms with Gasteiger partial charge in [-0.05, 0) is 17.7 Å². The molecule has 0 aromatic heterocycles. The molecule has 2 fully saturated rings. The smallest absolute Gasteiger partial charge is 0.329 e. The minimum absolute atomic E-state index is 0.0803. The Kier molecular flexibility index (Phi) is 6.10. The van der Waals surface area contributed by atoms with Gasteiger partial charge in [-0.3, -0.25) is 14.5 Å². The minimum atomic E-state index is -0.620. The molecule has 1 aromatic carbocycles. The quantitative estimate of drug-likeness (QED) is 0.558. The monoisotopic (exact) mass is 392 g/mol. The number of urea groups is 1. The van der Waals surface area contributed by atoms with Crippen molar-refractivity contribution in [3.8, 4) is 0 Å². The fourth-order valence-electron chi connectivity index (χ4n) is 3.06. The third kappa shape index (κ3) is 4.47. The Hall–Kier alpha value is -2.42. The zero-order valence-corrected chi connectivity index (χ0v) is 15.5. The highest BCUT2D eigenvalue weighted by Crippen LogP contribution is 2.20. The fraction of sp³-hybridized carbons (Fsp3) is 0.389. The van der Waals surface area contributed by atoms with E-state index in [-0.39, 0.29) is 24.8 Å². The summed E-state index contributed by atoms with van der Waals surface area (Å²) in [6.07, 6.45) is 1.50. The number of rotatable bonds is 5. The predicted molar refractivity (Wildman–Crippen MR) is 99.8 cm³/mol. The van der Waals surface area contributed by atoms with Crippen molar-refractivity contribution in [2.45, 2.75) is 0 Å². The average molecular weight is 393 g/mol. The van der Waals surface area contributed by atoms with Gasteiger partial charge in [0.1, 0.15) is 12.2 Å². The lowest BCUT2D eigenvalue weighted by Crippen LogP contribution is -2.52. The summed E-state index contributed by atoms with van der Waals surface area (Å²) in [4.78, 5) is 41.7. The number of carbonyl (C=O) groups excluding carboxylic acids is 3. The molecule has 3 rings (SSSR count). The summed E-state index contributed by atoms with van der Waals surface area (Å²) in [5.74, 6) is -0.826. The number of nitrogens with zero attached hydrogens (tertiary/aromatic N) is 3. The number of hydrogen-bond acceptors (Lipinski definition) is 5. The summed E-state index contributed by atoms with van der Waals surface area (Å²) in [5.41, 5.74) is 0.699. The van der Waals surface area contributed by atoms with E-state index >= 15 is 0 Å². The predicted octanol–water partition coefficient (Wildman–Crippen LogP) is 0.369. The maximum absolute atomic E-state index is 12.5. The molecule has 2 heterocycles. The van der Waals surface area contributed by atoms with E-state index in [0.717, 1.165) is 4.90 Å². The minimum Gasteiger partial charge on any atom is -0.395 e. The van der Waals surface area contributed by atoms with Crippen LogP contribution in [0.1, 0.15) is 5.56 Å². The van der Waals surface area contributed by atoms with E-state index in [1.807, 2.05) is 0 Å². The van der Waals surface area contributed by atoms with Crippen LogP contribution in [0.5, 0.6) is 0 Å². The van der Waals surface area contributed by atoms with Gasteiger partial charge in [0, 0.05) is 37.7 Å². The molecule has 27 heavy (non-hydrogen) atoms. The topological polar surface area (TPSA) is 93.2 Å². The van der Waals surface area contributed by atoms with Crippen molar-refractivity contribution < 1.29 is 19.5 Å². The van der Waals surface area contributed by atoms with Gasteiger partial charge in [0.2, 0.25) is 5.91 Å². The number of benzene rings is 1. The molecule has 0 bridgehead atoms. The summed E-state index contributed by atoms with van der Waals surface area (Å²) < 4.78 is 0. The van der Waals surface area contributed by atoms with E-state index < -0.39 is 11.9 Å². The van der Waals surface area contributed by atoms with E-state index in [2.05, 4.69) is 10.2 Å². The Morgan fingerprint density at radius 3 is 2.56 bits per heavy atom. The van der Waals surface area contributed by atoms with Crippen molar-refractivity contribution in [1.82, 2.24) is 20.0 Å². The second kappa shape index (κ2) is 8.51. The molecule has 0 saturated carbocycles. The first-order valence-corrected chi connectivity index (χ1v) is 9.07. The molecule has 0 radical (unpaired) electrons. The number of halogens is 1. The third-order valence-corrected chi connectivity index (χ3v) is 4.95. The molecule has 2 saturated heterocycles. The normalized spacial score (nSPS) is 19.7. The first kappa shape index (κ1) is 19.3. The maximum Gasteiger partial charge on any atom is 0.329 e. The molecule has 0 atom stereocenters. The molecule has 9 heteroatoms. The first-order chi connectivity index (χ1) is 13.0. The Balaban J connectivity index is 1.62. The lowest BCUT2D eigenvalue weighted by Gasteiger charge is -2.34. The molecule has 0 aliphatic carbocycles. The van der Waals surface area contributed by atoms with E-state index in [1.165, 1.54) is 6.08 Å². The zero-order chi connectivity index (χ0) is 19.4. The molecular formula is C18H21ClN4O4. The molecular weight excluding hydrogens is 372 g/mol. The molecule has 0 unspecified atom stereocenters. The number of β-amino-alcohol motifs (C(OH)–C–C–N with tert-alkyl or cyclic N) is 1. The largest absolute Gasteiger partial charge is 0.395 e. The van der Waals surface area contributed by atoms with Gasteiger partial charge < -0.3 is 15.3 Å². The highest BCUT2D eigenvalue weighted by atomic mass is 35.5. The highest BCUT2D eigenvalue weighted by Gasteiger charge is 2.36. The van der Waals surface area contributed by atoms with Crippen LogP contribution in [0.3, 0.4) is 0 Å². The number of imide groups is 1. The fourth-order valence-corrected chi connectivity index (χ4v) is 3.25. The van der Waals surface area contributed by atoms with Crippen LogP contribution in [-0.2, 0) is 9.59 Å². The SMILES string of the molecule is O=C(CN1C(=O)N/C(=C\c2ccccc2Cl)C1=O)N1CCN(CCO)CC1. The Bertz CT molecular complexity index is 774. The van der Waals surface area contributed by atoms with Crippen molar-refractivity contribution >= 4 is 35.5 Å². The number of aliphatic hydroxyl groups is 1. The first-order valence-electron chi connectivity index (χ1n) is 8.69. The average Bonchev–Trinajstić information content (AvgIpc) is 2.92. The van der Waals surface area contributed by atoms with Crippen LogP contribution in [0.4, 0.5) is 4.79 Å². The number of nitrogens with one attached hydrogen (secondary N) is 1. The Morgan fingerprint density at radius 1 is 1.19 bits per heavy atom. The molecule has 8 nitrogen and oxygen atoms in total. The van der Waals surface area contributed by atoms with Gasteiger partial charge in [0.15, 0.2) is 0 Å². The van der Waals surface area contributed by atoms with Crippen LogP contribution in [-0.4, -0.2) is 83.5 Å². The van der Waals surface area contributed by atoms with Crippen molar-refractivity contribution in [2.24, 2.45) is 0 Å². The Morgan fingerprint density at radius 2 is 1.89 bits per heavy atom. The number of piperazine rings is 1. The van der Waals surface area contributed by atoms with Gasteiger partial charge in [0.05, 0.1) is 6.61 Å². The molecule has 1 aromatic rings. The third-order valence-electron chi connectivity index (χ3n) is 4.60. The number of hydrogen-bond donors (Lipinski definition) is 2. The van der Waals surface area contributed by atoms with Crippen molar-refractivity contribution in [3.05, 3.63) is 40.5 Å². The van der Waals surface area contributed by atoms with E-state index in [9.17, 15) is 14.4 Å². The van der Waals surface area contributed by atoms with Gasteiger partial charge >= 0.3 is 6.03 Å². The number of aliphatic hydroxyl groups excluding tert-OH is 1. The second-order valence-electron chi connectivity index (χ2n) is 6.35. The van der Waals surface area contributed by atoms with E-state index in [4.69, 9.17) is 16.7 Å². The molecule has 0 spiro atoms. The molecule has 4 amide bonds. The maximum atomic E-state index is 12.5. The second-order valence-corrected chi connectivity index (χ2v) is 6.75. The Labute approximate surface area is 162 Å². The van der Waals surface area contributed by atoms with Crippen molar-refractivity contribution in [2.75, 3.05) is 45.9 Å². The van der Waals surface area contributed by atoms with Crippen LogP contribution in [0.15, 0.2) is 30.0 Å². The van der Waals surface area contributed by atoms with Gasteiger partial charge in [-0.15, -0.1) is 0 Å². The van der Waals surface area contributed by atoms with Gasteiger partial charge in [-0.1, -0.05) is 29.8 Å². The van der Waals surface area contributed by atoms with Crippen LogP contribution in [0.25, 0.3) is 6.08 Å². The van der Waals surface area contributed by atoms with Gasteiger partial charge in [-0.2, -0.15) is 0 Å². The summed E-state index contributed by atoms with van der Waals surface area (Å²) in [5, 5.41) is 11.9. The van der Waals surface area contributed by atoms with Crippen LogP contribution in [0, 0.1) is 0 Å². The van der Waals surface area contributed by atoms with Gasteiger partial charge in [0.25, 0.3) is 5.91 Å².